The molecule has 0 fully saturated rings. The molecule has 0 amide bonds. The first-order valence-corrected chi connectivity index (χ1v) is 29.3. The van der Waals surface area contributed by atoms with E-state index in [-0.39, 0.29) is 0 Å². The van der Waals surface area contributed by atoms with Crippen LogP contribution in [0.3, 0.4) is 0 Å². The van der Waals surface area contributed by atoms with Crippen LogP contribution in [0.15, 0.2) is 288 Å². The van der Waals surface area contributed by atoms with Crippen molar-refractivity contribution in [3.8, 4) is 90.8 Å². The lowest BCUT2D eigenvalue weighted by molar-refractivity contribution is 0.671. The van der Waals surface area contributed by atoms with Crippen molar-refractivity contribution in [1.82, 2.24) is 39.0 Å². The van der Waals surface area contributed by atoms with Crippen LogP contribution in [0.2, 0.25) is 0 Å². The number of hydrogen-bond donors (Lipinski definition) is 0. The summed E-state index contributed by atoms with van der Waals surface area (Å²) in [5.41, 5.74) is 16.4. The zero-order chi connectivity index (χ0) is 57.8. The van der Waals surface area contributed by atoms with Gasteiger partial charge < -0.3 is 18.0 Å². The van der Waals surface area contributed by atoms with Crippen LogP contribution in [0, 0.1) is 0 Å². The maximum atomic E-state index is 7.15. The lowest BCUT2D eigenvalue weighted by Gasteiger charge is -2.15. The van der Waals surface area contributed by atoms with Crippen LogP contribution < -0.4 is 0 Å². The van der Waals surface area contributed by atoms with E-state index < -0.39 is 0 Å². The summed E-state index contributed by atoms with van der Waals surface area (Å²) in [5.74, 6) is 3.45. The summed E-state index contributed by atoms with van der Waals surface area (Å²) in [7, 11) is 0. The first kappa shape index (κ1) is 49.3. The number of furan rings is 2. The van der Waals surface area contributed by atoms with Gasteiger partial charge in [0.25, 0.3) is 0 Å². The fourth-order valence-electron chi connectivity index (χ4n) is 13.1. The maximum Gasteiger partial charge on any atom is 0.166 e. The number of fused-ring (bicyclic) bond motifs is 14. The molecule has 6 heterocycles. The fourth-order valence-corrected chi connectivity index (χ4v) is 13.1. The Bertz CT molecular complexity index is 5770. The van der Waals surface area contributed by atoms with Gasteiger partial charge in [0, 0.05) is 82.2 Å². The number of para-hydroxylation sites is 4. The van der Waals surface area contributed by atoms with Crippen LogP contribution in [0.5, 0.6) is 0 Å². The Morgan fingerprint density at radius 3 is 1.33 bits per heavy atom. The topological polar surface area (TPSA) is 113 Å². The zero-order valence-electron chi connectivity index (χ0n) is 47.0. The number of nitrogens with zero attached hydrogens (tertiary/aromatic N) is 8. The van der Waals surface area contributed by atoms with Gasteiger partial charge in [-0.1, -0.05) is 212 Å². The third kappa shape index (κ3) is 7.82. The molecule has 18 aromatic rings. The van der Waals surface area contributed by atoms with Crippen molar-refractivity contribution in [1.29, 1.82) is 0 Å². The smallest absolute Gasteiger partial charge is 0.166 e. The molecule has 10 nitrogen and oxygen atoms in total. The minimum Gasteiger partial charge on any atom is -0.454 e. The maximum absolute atomic E-state index is 7.15. The van der Waals surface area contributed by atoms with Gasteiger partial charge in [-0.3, -0.25) is 0 Å². The first-order chi connectivity index (χ1) is 43.6. The van der Waals surface area contributed by atoms with E-state index in [0.29, 0.717) is 34.9 Å². The summed E-state index contributed by atoms with van der Waals surface area (Å²) in [5, 5.41) is 8.56. The first-order valence-electron chi connectivity index (χ1n) is 29.3. The summed E-state index contributed by atoms with van der Waals surface area (Å²) < 4.78 is 18.6. The monoisotopic (exact) mass is 1130 g/mol. The summed E-state index contributed by atoms with van der Waals surface area (Å²) in [6, 6.07) is 96.2. The molecule has 12 aromatic carbocycles. The van der Waals surface area contributed by atoms with Gasteiger partial charge in [-0.15, -0.1) is 0 Å². The highest BCUT2D eigenvalue weighted by Gasteiger charge is 2.25. The molecule has 0 aliphatic heterocycles. The quantitative estimate of drug-likeness (QED) is 0.140. The third-order valence-corrected chi connectivity index (χ3v) is 17.0. The van der Waals surface area contributed by atoms with E-state index in [4.69, 9.17) is 38.7 Å². The Labute approximate surface area is 502 Å². The van der Waals surface area contributed by atoms with Crippen molar-refractivity contribution in [2.24, 2.45) is 0 Å². The molecule has 410 valence electrons. The molecule has 0 N–H and O–H groups in total. The lowest BCUT2D eigenvalue weighted by Crippen LogP contribution is -2.03. The molecule has 6 aromatic heterocycles. The van der Waals surface area contributed by atoms with Crippen LogP contribution in [0.4, 0.5) is 0 Å². The van der Waals surface area contributed by atoms with Gasteiger partial charge >= 0.3 is 0 Å². The molecule has 18 rings (SSSR count). The number of aromatic nitrogens is 8. The Morgan fingerprint density at radius 1 is 0.250 bits per heavy atom. The molecular formula is C78H46N8O2. The summed E-state index contributed by atoms with van der Waals surface area (Å²) in [6.07, 6.45) is 0. The van der Waals surface area contributed by atoms with Gasteiger partial charge in [-0.2, -0.15) is 0 Å². The SMILES string of the molecule is c1ccc(-c2nc(-c3ccccc3)nc(-c3cccc(-n4c5ccccc5c5ccc6c(oc7cccc(-c8cccc(-c9nc(-c%10ccccc%10)nc(-c%10ccccc%10-n%10c%11ccccc%11c%11ccc%12c%13ccccc%13oc%12c%11%10)n9)c8)c76)c54)c3)n2)cc1. The average Bonchev–Trinajstić information content (AvgIpc) is 1.61. The predicted octanol–water partition coefficient (Wildman–Crippen LogP) is 19.7. The van der Waals surface area contributed by atoms with E-state index in [0.717, 1.165) is 143 Å². The molecule has 0 unspecified atom stereocenters. The molecule has 0 saturated carbocycles. The van der Waals surface area contributed by atoms with Gasteiger partial charge in [0.1, 0.15) is 11.2 Å². The largest absolute Gasteiger partial charge is 0.454 e. The predicted molar refractivity (Wildman–Crippen MR) is 354 cm³/mol. The van der Waals surface area contributed by atoms with Crippen LogP contribution in [0.25, 0.3) is 178 Å². The summed E-state index contributed by atoms with van der Waals surface area (Å²) in [4.78, 5) is 31.2. The lowest BCUT2D eigenvalue weighted by atomic mass is 9.97. The normalized spacial score (nSPS) is 11.9. The molecular weight excluding hydrogens is 1080 g/mol. The molecule has 0 atom stereocenters. The van der Waals surface area contributed by atoms with E-state index in [2.05, 4.69) is 185 Å². The number of hydrogen-bond acceptors (Lipinski definition) is 8. The minimum absolute atomic E-state index is 0.544. The van der Waals surface area contributed by atoms with Gasteiger partial charge in [-0.05, 0) is 77.9 Å². The average molecular weight is 1130 g/mol. The van der Waals surface area contributed by atoms with Gasteiger partial charge in [0.2, 0.25) is 0 Å². The minimum atomic E-state index is 0.544. The van der Waals surface area contributed by atoms with Crippen LogP contribution in [0.1, 0.15) is 0 Å². The van der Waals surface area contributed by atoms with Crippen molar-refractivity contribution in [2.75, 3.05) is 0 Å². The van der Waals surface area contributed by atoms with E-state index in [9.17, 15) is 0 Å². The second-order valence-corrected chi connectivity index (χ2v) is 22.1. The van der Waals surface area contributed by atoms with Crippen molar-refractivity contribution in [3.63, 3.8) is 0 Å². The Morgan fingerprint density at radius 2 is 0.670 bits per heavy atom. The van der Waals surface area contributed by atoms with Gasteiger partial charge in [0.05, 0.1) is 27.8 Å². The van der Waals surface area contributed by atoms with Crippen molar-refractivity contribution >= 4 is 87.5 Å². The number of benzene rings is 12. The third-order valence-electron chi connectivity index (χ3n) is 17.0. The highest BCUT2D eigenvalue weighted by atomic mass is 16.3. The molecule has 0 aliphatic rings. The molecule has 10 heteroatoms. The van der Waals surface area contributed by atoms with Crippen LogP contribution in [-0.2, 0) is 0 Å². The Kier molecular flexibility index (Phi) is 11.1. The summed E-state index contributed by atoms with van der Waals surface area (Å²) in [6.45, 7) is 0. The van der Waals surface area contributed by atoms with Crippen LogP contribution in [-0.4, -0.2) is 39.0 Å². The van der Waals surface area contributed by atoms with E-state index in [1.54, 1.807) is 0 Å². The highest BCUT2D eigenvalue weighted by molar-refractivity contribution is 6.24. The zero-order valence-corrected chi connectivity index (χ0v) is 47.0. The molecule has 0 aliphatic carbocycles. The van der Waals surface area contributed by atoms with Crippen LogP contribution >= 0.6 is 0 Å². The van der Waals surface area contributed by atoms with E-state index in [1.165, 1.54) is 0 Å². The summed E-state index contributed by atoms with van der Waals surface area (Å²) >= 11 is 0. The van der Waals surface area contributed by atoms with Crippen molar-refractivity contribution in [2.45, 2.75) is 0 Å². The van der Waals surface area contributed by atoms with E-state index in [1.807, 2.05) is 103 Å². The second-order valence-electron chi connectivity index (χ2n) is 22.1. The van der Waals surface area contributed by atoms with Gasteiger partial charge in [0.15, 0.2) is 46.1 Å². The molecule has 88 heavy (non-hydrogen) atoms. The van der Waals surface area contributed by atoms with Gasteiger partial charge in [-0.25, -0.2) is 29.9 Å². The fraction of sp³-hybridized carbons (Fsp3) is 0. The second kappa shape index (κ2) is 19.7. The van der Waals surface area contributed by atoms with Crippen molar-refractivity contribution < 1.29 is 8.83 Å². The standard InChI is InChI=1S/C78H46N8O2/c1-4-21-47(22-5-1)73-79-74(48-23-6-2-7-24-48)81-77(80-73)52-29-19-30-53(46-52)85-63-36-14-10-31-55(63)58-42-44-62-68-54(35-20-40-67(68)88-72(62)69(58)85)50-27-18-28-51(45-50)76-82-75(49-25-8-3-9-26-49)83-78(84-76)61-34-12-16-38-65(61)86-64-37-15-11-32-56(64)59-41-43-60-57-33-13-17-39-66(57)87-71(60)70(59)86/h1-46H. The Hall–Kier alpha value is -12.1. The van der Waals surface area contributed by atoms with E-state index >= 15 is 0 Å². The molecule has 0 radical (unpaired) electrons. The molecule has 0 bridgehead atoms. The molecule has 0 spiro atoms. The number of rotatable bonds is 9. The van der Waals surface area contributed by atoms with Crippen molar-refractivity contribution in [3.05, 3.63) is 279 Å². The Balaban J connectivity index is 0.789. The molecule has 0 saturated heterocycles. The highest BCUT2D eigenvalue weighted by Crippen LogP contribution is 2.46.